The summed E-state index contributed by atoms with van der Waals surface area (Å²) in [4.78, 5) is 23.0. The Balaban J connectivity index is 1.88. The Morgan fingerprint density at radius 2 is 2.00 bits per heavy atom. The van der Waals surface area contributed by atoms with E-state index in [4.69, 9.17) is 9.15 Å². The summed E-state index contributed by atoms with van der Waals surface area (Å²) >= 11 is 0. The minimum absolute atomic E-state index is 0.0409. The number of amides is 1. The molecule has 0 atom stereocenters. The lowest BCUT2D eigenvalue weighted by atomic mass is 10.1. The molecule has 0 spiro atoms. The maximum absolute atomic E-state index is 12.5. The number of nitrogens with one attached hydrogen (secondary N) is 1. The van der Waals surface area contributed by atoms with Crippen molar-refractivity contribution in [2.24, 2.45) is 0 Å². The lowest BCUT2D eigenvalue weighted by Crippen LogP contribution is -2.12. The standard InChI is InChI=1S/C20H18N2O6/c1-12-9-13(3-6-17(12)22(25)26)20(24)21-14-4-7-18(27-2)16(10-14)19-8-5-15(11-23)28-19/h3-10,23H,11H2,1-2H3,(H,21,24). The zero-order valence-electron chi connectivity index (χ0n) is 15.3. The highest BCUT2D eigenvalue weighted by atomic mass is 16.6. The van der Waals surface area contributed by atoms with Crippen molar-refractivity contribution >= 4 is 17.3 Å². The van der Waals surface area contributed by atoms with Crippen molar-refractivity contribution < 1.29 is 24.0 Å². The van der Waals surface area contributed by atoms with Gasteiger partial charge in [0.1, 0.15) is 23.9 Å². The van der Waals surface area contributed by atoms with Crippen LogP contribution in [0.4, 0.5) is 11.4 Å². The quantitative estimate of drug-likeness (QED) is 0.493. The van der Waals surface area contributed by atoms with Crippen LogP contribution in [0, 0.1) is 17.0 Å². The molecule has 8 nitrogen and oxygen atoms in total. The highest BCUT2D eigenvalue weighted by Gasteiger charge is 2.16. The number of benzene rings is 2. The fourth-order valence-corrected chi connectivity index (χ4v) is 2.79. The van der Waals surface area contributed by atoms with Gasteiger partial charge in [0.05, 0.1) is 17.6 Å². The SMILES string of the molecule is COc1ccc(NC(=O)c2ccc([N+](=O)[O-])c(C)c2)cc1-c1ccc(CO)o1. The summed E-state index contributed by atoms with van der Waals surface area (Å²) in [6.07, 6.45) is 0. The number of anilines is 1. The summed E-state index contributed by atoms with van der Waals surface area (Å²) < 4.78 is 10.9. The van der Waals surface area contributed by atoms with Crippen molar-refractivity contribution in [3.63, 3.8) is 0 Å². The molecule has 28 heavy (non-hydrogen) atoms. The molecule has 2 N–H and O–H groups in total. The van der Waals surface area contributed by atoms with Gasteiger partial charge in [-0.05, 0) is 49.4 Å². The van der Waals surface area contributed by atoms with Crippen molar-refractivity contribution in [3.05, 3.63) is 75.5 Å². The number of furan rings is 1. The van der Waals surface area contributed by atoms with Gasteiger partial charge >= 0.3 is 0 Å². The summed E-state index contributed by atoms with van der Waals surface area (Å²) in [5.41, 5.74) is 1.78. The van der Waals surface area contributed by atoms with Gasteiger partial charge in [-0.15, -0.1) is 0 Å². The molecule has 0 aliphatic heterocycles. The van der Waals surface area contributed by atoms with Crippen LogP contribution in [0.25, 0.3) is 11.3 Å². The Labute approximate surface area is 160 Å². The van der Waals surface area contributed by atoms with Crippen LogP contribution in [0.15, 0.2) is 52.9 Å². The monoisotopic (exact) mass is 382 g/mol. The van der Waals surface area contributed by atoms with Crippen LogP contribution in [-0.2, 0) is 6.61 Å². The number of rotatable bonds is 6. The van der Waals surface area contributed by atoms with E-state index in [1.807, 2.05) is 0 Å². The zero-order chi connectivity index (χ0) is 20.3. The average Bonchev–Trinajstić information content (AvgIpc) is 3.16. The molecule has 0 fully saturated rings. The molecule has 0 bridgehead atoms. The number of aryl methyl sites for hydroxylation is 1. The predicted molar refractivity (Wildman–Crippen MR) is 102 cm³/mol. The van der Waals surface area contributed by atoms with Crippen LogP contribution < -0.4 is 10.1 Å². The molecule has 3 rings (SSSR count). The van der Waals surface area contributed by atoms with Gasteiger partial charge < -0.3 is 19.6 Å². The third-order valence-electron chi connectivity index (χ3n) is 4.20. The highest BCUT2D eigenvalue weighted by molar-refractivity contribution is 6.05. The first-order chi connectivity index (χ1) is 13.4. The number of carbonyl (C=O) groups excluding carboxylic acids is 1. The van der Waals surface area contributed by atoms with E-state index in [0.29, 0.717) is 39.6 Å². The molecule has 1 aromatic heterocycles. The van der Waals surface area contributed by atoms with E-state index in [9.17, 15) is 20.0 Å². The van der Waals surface area contributed by atoms with E-state index in [2.05, 4.69) is 5.32 Å². The van der Waals surface area contributed by atoms with Gasteiger partial charge in [-0.2, -0.15) is 0 Å². The largest absolute Gasteiger partial charge is 0.496 e. The molecule has 2 aromatic carbocycles. The number of nitrogens with zero attached hydrogens (tertiary/aromatic N) is 1. The second-order valence-corrected chi connectivity index (χ2v) is 6.05. The maximum atomic E-state index is 12.5. The number of nitro groups is 1. The van der Waals surface area contributed by atoms with Gasteiger partial charge in [0.2, 0.25) is 0 Å². The average molecular weight is 382 g/mol. The summed E-state index contributed by atoms with van der Waals surface area (Å²) in [5.74, 6) is 1.05. The number of aliphatic hydroxyl groups excluding tert-OH is 1. The summed E-state index contributed by atoms with van der Waals surface area (Å²) in [7, 11) is 1.52. The molecule has 0 aliphatic rings. The molecule has 3 aromatic rings. The molecule has 1 amide bonds. The summed E-state index contributed by atoms with van der Waals surface area (Å²) in [6, 6.07) is 12.6. The Morgan fingerprint density at radius 3 is 2.61 bits per heavy atom. The van der Waals surface area contributed by atoms with Gasteiger partial charge in [0.15, 0.2) is 0 Å². The second kappa shape index (κ2) is 7.93. The van der Waals surface area contributed by atoms with E-state index in [1.165, 1.54) is 25.3 Å². The van der Waals surface area contributed by atoms with Crippen molar-refractivity contribution in [1.29, 1.82) is 0 Å². The van der Waals surface area contributed by atoms with Crippen LogP contribution in [-0.4, -0.2) is 23.0 Å². The molecule has 0 unspecified atom stereocenters. The van der Waals surface area contributed by atoms with Crippen molar-refractivity contribution in [2.45, 2.75) is 13.5 Å². The molecule has 144 valence electrons. The van der Waals surface area contributed by atoms with E-state index in [0.717, 1.165) is 0 Å². The lowest BCUT2D eigenvalue weighted by Gasteiger charge is -2.11. The summed E-state index contributed by atoms with van der Waals surface area (Å²) in [6.45, 7) is 1.36. The van der Waals surface area contributed by atoms with Crippen molar-refractivity contribution in [1.82, 2.24) is 0 Å². The van der Waals surface area contributed by atoms with Gasteiger partial charge in [-0.3, -0.25) is 14.9 Å². The normalized spacial score (nSPS) is 10.5. The minimum atomic E-state index is -0.489. The van der Waals surface area contributed by atoms with Crippen LogP contribution in [0.1, 0.15) is 21.7 Å². The molecule has 0 aliphatic carbocycles. The number of nitro benzene ring substituents is 1. The van der Waals surface area contributed by atoms with E-state index >= 15 is 0 Å². The molecule has 0 radical (unpaired) electrons. The topological polar surface area (TPSA) is 115 Å². The van der Waals surface area contributed by atoms with Crippen LogP contribution in [0.3, 0.4) is 0 Å². The Kier molecular flexibility index (Phi) is 5.42. The van der Waals surface area contributed by atoms with Crippen molar-refractivity contribution in [3.8, 4) is 17.1 Å². The fraction of sp³-hybridized carbons (Fsp3) is 0.150. The highest BCUT2D eigenvalue weighted by Crippen LogP contribution is 2.34. The fourth-order valence-electron chi connectivity index (χ4n) is 2.79. The number of hydrogen-bond acceptors (Lipinski definition) is 6. The van der Waals surface area contributed by atoms with Gasteiger partial charge in [0.25, 0.3) is 11.6 Å². The van der Waals surface area contributed by atoms with Gasteiger partial charge in [-0.25, -0.2) is 0 Å². The zero-order valence-corrected chi connectivity index (χ0v) is 15.3. The predicted octanol–water partition coefficient (Wildman–Crippen LogP) is 3.92. The summed E-state index contributed by atoms with van der Waals surface area (Å²) in [5, 5.41) is 22.9. The van der Waals surface area contributed by atoms with E-state index in [1.54, 1.807) is 37.3 Å². The Bertz CT molecular complexity index is 1040. The molecular weight excluding hydrogens is 364 g/mol. The van der Waals surface area contributed by atoms with Crippen LogP contribution >= 0.6 is 0 Å². The molecule has 0 saturated carbocycles. The Morgan fingerprint density at radius 1 is 1.21 bits per heavy atom. The first kappa shape index (κ1) is 19.1. The number of methoxy groups -OCH3 is 1. The van der Waals surface area contributed by atoms with Crippen LogP contribution in [0.5, 0.6) is 5.75 Å². The second-order valence-electron chi connectivity index (χ2n) is 6.05. The molecule has 1 heterocycles. The third kappa shape index (κ3) is 3.86. The minimum Gasteiger partial charge on any atom is -0.496 e. The first-order valence-corrected chi connectivity index (χ1v) is 8.37. The van der Waals surface area contributed by atoms with E-state index in [-0.39, 0.29) is 12.3 Å². The number of carbonyl (C=O) groups is 1. The Hall–Kier alpha value is -3.65. The van der Waals surface area contributed by atoms with Crippen LogP contribution in [0.2, 0.25) is 0 Å². The number of ether oxygens (including phenoxy) is 1. The number of aliphatic hydroxyl groups is 1. The van der Waals surface area contributed by atoms with Gasteiger partial charge in [-0.1, -0.05) is 0 Å². The van der Waals surface area contributed by atoms with Gasteiger partial charge in [0, 0.05) is 22.9 Å². The number of hydrogen-bond donors (Lipinski definition) is 2. The first-order valence-electron chi connectivity index (χ1n) is 8.37. The van der Waals surface area contributed by atoms with Crippen molar-refractivity contribution in [2.75, 3.05) is 12.4 Å². The lowest BCUT2D eigenvalue weighted by molar-refractivity contribution is -0.385. The third-order valence-corrected chi connectivity index (χ3v) is 4.20. The maximum Gasteiger partial charge on any atom is 0.272 e. The molecular formula is C20H18N2O6. The van der Waals surface area contributed by atoms with E-state index < -0.39 is 10.8 Å². The molecule has 8 heteroatoms. The molecule has 0 saturated heterocycles. The smallest absolute Gasteiger partial charge is 0.272 e.